The number of nitrogens with zero attached hydrogens (tertiary/aromatic N) is 1. The Morgan fingerprint density at radius 3 is 2.58 bits per heavy atom. The molecule has 0 heterocycles. The van der Waals surface area contributed by atoms with Gasteiger partial charge in [-0.05, 0) is 61.3 Å². The number of carbonyl (C=O) groups is 1. The predicted molar refractivity (Wildman–Crippen MR) is 128 cm³/mol. The number of amides is 1. The Morgan fingerprint density at radius 2 is 1.81 bits per heavy atom. The highest BCUT2D eigenvalue weighted by Gasteiger charge is 2.28. The van der Waals surface area contributed by atoms with Gasteiger partial charge in [-0.3, -0.25) is 4.79 Å². The van der Waals surface area contributed by atoms with Gasteiger partial charge in [0.1, 0.15) is 0 Å². The summed E-state index contributed by atoms with van der Waals surface area (Å²) < 4.78 is 0. The fraction of sp³-hybridized carbons (Fsp3) is 0.370. The highest BCUT2D eigenvalue weighted by atomic mass is 16.3. The van der Waals surface area contributed by atoms with E-state index in [1.54, 1.807) is 0 Å². The predicted octanol–water partition coefficient (Wildman–Crippen LogP) is 5.11. The Kier molecular flexibility index (Phi) is 6.88. The average molecular weight is 417 g/mol. The molecule has 4 heteroatoms. The maximum atomic E-state index is 12.1. The molecular formula is C27H32N2O2. The molecule has 3 aromatic rings. The van der Waals surface area contributed by atoms with Crippen LogP contribution in [0, 0.1) is 0 Å². The molecule has 1 aliphatic carbocycles. The molecule has 1 fully saturated rings. The lowest BCUT2D eigenvalue weighted by molar-refractivity contribution is 0.0944. The standard InChI is InChI=1S/C27H32N2O2/c1-2-29(26-12-6-8-21-7-3-4-11-25(21)26)24-10-5-9-23(19-24)20-13-15-22(16-14-20)27(31)28-17-18-30/h3-4,6-8,11-16,23-24,30H,2,5,9-10,17-19H2,1H3,(H,28,31). The van der Waals surface area contributed by atoms with Crippen molar-refractivity contribution in [3.05, 3.63) is 77.9 Å². The van der Waals surface area contributed by atoms with Crippen molar-refractivity contribution in [1.29, 1.82) is 0 Å². The van der Waals surface area contributed by atoms with E-state index in [1.165, 1.54) is 41.3 Å². The van der Waals surface area contributed by atoms with Crippen LogP contribution in [0.3, 0.4) is 0 Å². The summed E-state index contributed by atoms with van der Waals surface area (Å²) in [4.78, 5) is 14.7. The molecule has 1 saturated carbocycles. The van der Waals surface area contributed by atoms with Gasteiger partial charge in [0.15, 0.2) is 0 Å². The zero-order valence-corrected chi connectivity index (χ0v) is 18.3. The van der Waals surface area contributed by atoms with Crippen LogP contribution in [-0.2, 0) is 0 Å². The molecular weight excluding hydrogens is 384 g/mol. The number of hydrogen-bond acceptors (Lipinski definition) is 3. The fourth-order valence-corrected chi connectivity index (χ4v) is 5.01. The summed E-state index contributed by atoms with van der Waals surface area (Å²) >= 11 is 0. The molecule has 1 aliphatic rings. The Morgan fingerprint density at radius 1 is 1.03 bits per heavy atom. The first-order chi connectivity index (χ1) is 15.2. The van der Waals surface area contributed by atoms with Crippen molar-refractivity contribution in [1.82, 2.24) is 5.32 Å². The number of carbonyl (C=O) groups excluding carboxylic acids is 1. The lowest BCUT2D eigenvalue weighted by atomic mass is 9.80. The molecule has 162 valence electrons. The number of anilines is 1. The van der Waals surface area contributed by atoms with E-state index in [0.29, 0.717) is 17.5 Å². The quantitative estimate of drug-likeness (QED) is 0.562. The van der Waals surface area contributed by atoms with Crippen LogP contribution >= 0.6 is 0 Å². The summed E-state index contributed by atoms with van der Waals surface area (Å²) in [7, 11) is 0. The molecule has 0 bridgehead atoms. The highest BCUT2D eigenvalue weighted by Crippen LogP contribution is 2.38. The van der Waals surface area contributed by atoms with E-state index in [1.807, 2.05) is 12.1 Å². The third-order valence-corrected chi connectivity index (χ3v) is 6.55. The Bertz CT molecular complexity index is 1010. The van der Waals surface area contributed by atoms with Gasteiger partial charge in [-0.25, -0.2) is 0 Å². The van der Waals surface area contributed by atoms with Crippen LogP contribution in [0.1, 0.15) is 54.4 Å². The van der Waals surface area contributed by atoms with Crippen molar-refractivity contribution in [3.8, 4) is 0 Å². The number of nitrogens with one attached hydrogen (secondary N) is 1. The van der Waals surface area contributed by atoms with Crippen LogP contribution in [0.25, 0.3) is 10.8 Å². The van der Waals surface area contributed by atoms with Crippen molar-refractivity contribution >= 4 is 22.4 Å². The molecule has 31 heavy (non-hydrogen) atoms. The van der Waals surface area contributed by atoms with E-state index >= 15 is 0 Å². The number of hydrogen-bond donors (Lipinski definition) is 2. The maximum absolute atomic E-state index is 12.1. The third-order valence-electron chi connectivity index (χ3n) is 6.55. The minimum absolute atomic E-state index is 0.0437. The van der Waals surface area contributed by atoms with E-state index in [2.05, 4.69) is 71.7 Å². The van der Waals surface area contributed by atoms with Gasteiger partial charge in [-0.1, -0.05) is 55.0 Å². The Hall–Kier alpha value is -2.85. The lowest BCUT2D eigenvalue weighted by Crippen LogP contribution is -2.38. The molecule has 2 N–H and O–H groups in total. The van der Waals surface area contributed by atoms with Crippen molar-refractivity contribution in [3.63, 3.8) is 0 Å². The van der Waals surface area contributed by atoms with E-state index in [-0.39, 0.29) is 19.1 Å². The summed E-state index contributed by atoms with van der Waals surface area (Å²) in [5.41, 5.74) is 3.30. The van der Waals surface area contributed by atoms with Gasteiger partial charge in [0, 0.05) is 35.8 Å². The summed E-state index contributed by atoms with van der Waals surface area (Å²) in [6.07, 6.45) is 4.76. The lowest BCUT2D eigenvalue weighted by Gasteiger charge is -2.39. The van der Waals surface area contributed by atoms with Gasteiger partial charge in [0.2, 0.25) is 0 Å². The first-order valence-corrected chi connectivity index (χ1v) is 11.4. The first-order valence-electron chi connectivity index (χ1n) is 11.4. The SMILES string of the molecule is CCN(c1cccc2ccccc12)C1CCCC(c2ccc(C(=O)NCCO)cc2)C1. The summed E-state index contributed by atoms with van der Waals surface area (Å²) in [6, 6.07) is 23.8. The second-order valence-corrected chi connectivity index (χ2v) is 8.40. The van der Waals surface area contributed by atoms with Crippen LogP contribution < -0.4 is 10.2 Å². The van der Waals surface area contributed by atoms with Gasteiger partial charge in [0.25, 0.3) is 5.91 Å². The minimum atomic E-state index is -0.129. The summed E-state index contributed by atoms with van der Waals surface area (Å²) in [5, 5.41) is 14.2. The van der Waals surface area contributed by atoms with Crippen molar-refractivity contribution in [2.45, 2.75) is 44.6 Å². The van der Waals surface area contributed by atoms with E-state index in [0.717, 1.165) is 13.0 Å². The molecule has 0 radical (unpaired) electrons. The van der Waals surface area contributed by atoms with Crippen LogP contribution in [0.2, 0.25) is 0 Å². The number of aliphatic hydroxyl groups is 1. The van der Waals surface area contributed by atoms with Crippen molar-refractivity contribution in [2.75, 3.05) is 24.6 Å². The molecule has 0 saturated heterocycles. The topological polar surface area (TPSA) is 52.6 Å². The third kappa shape index (κ3) is 4.75. The van der Waals surface area contributed by atoms with Gasteiger partial charge >= 0.3 is 0 Å². The molecule has 0 aliphatic heterocycles. The highest BCUT2D eigenvalue weighted by molar-refractivity contribution is 5.95. The number of aliphatic hydroxyl groups excluding tert-OH is 1. The molecule has 2 unspecified atom stereocenters. The molecule has 2 atom stereocenters. The van der Waals surface area contributed by atoms with Gasteiger partial charge in [-0.15, -0.1) is 0 Å². The second-order valence-electron chi connectivity index (χ2n) is 8.40. The molecule has 4 rings (SSSR count). The van der Waals surface area contributed by atoms with Crippen LogP contribution in [-0.4, -0.2) is 36.8 Å². The Balaban J connectivity index is 1.51. The second kappa shape index (κ2) is 9.97. The zero-order chi connectivity index (χ0) is 21.6. The monoisotopic (exact) mass is 416 g/mol. The largest absolute Gasteiger partial charge is 0.395 e. The fourth-order valence-electron chi connectivity index (χ4n) is 5.01. The maximum Gasteiger partial charge on any atom is 0.251 e. The van der Waals surface area contributed by atoms with E-state index < -0.39 is 0 Å². The number of rotatable bonds is 7. The van der Waals surface area contributed by atoms with E-state index in [4.69, 9.17) is 5.11 Å². The van der Waals surface area contributed by atoms with Crippen molar-refractivity contribution < 1.29 is 9.90 Å². The normalized spacial score (nSPS) is 18.6. The van der Waals surface area contributed by atoms with Gasteiger partial charge in [0.05, 0.1) is 6.61 Å². The molecule has 0 spiro atoms. The summed E-state index contributed by atoms with van der Waals surface area (Å²) in [6.45, 7) is 3.49. The van der Waals surface area contributed by atoms with Gasteiger partial charge < -0.3 is 15.3 Å². The first kappa shape index (κ1) is 21.4. The van der Waals surface area contributed by atoms with Crippen LogP contribution in [0.5, 0.6) is 0 Å². The zero-order valence-electron chi connectivity index (χ0n) is 18.3. The molecule has 4 nitrogen and oxygen atoms in total. The average Bonchev–Trinajstić information content (AvgIpc) is 2.83. The number of benzene rings is 3. The summed E-state index contributed by atoms with van der Waals surface area (Å²) in [5.74, 6) is 0.382. The number of fused-ring (bicyclic) bond motifs is 1. The molecule has 3 aromatic carbocycles. The minimum Gasteiger partial charge on any atom is -0.395 e. The van der Waals surface area contributed by atoms with Crippen LogP contribution in [0.4, 0.5) is 5.69 Å². The van der Waals surface area contributed by atoms with Gasteiger partial charge in [-0.2, -0.15) is 0 Å². The Labute approximate surface area is 184 Å². The smallest absolute Gasteiger partial charge is 0.251 e. The molecule has 1 amide bonds. The van der Waals surface area contributed by atoms with Crippen molar-refractivity contribution in [2.24, 2.45) is 0 Å². The van der Waals surface area contributed by atoms with Crippen LogP contribution in [0.15, 0.2) is 66.7 Å². The molecule has 0 aromatic heterocycles. The van der Waals surface area contributed by atoms with E-state index in [9.17, 15) is 4.79 Å².